The molecule has 3 aromatic rings. The maximum atomic E-state index is 13.0. The lowest BCUT2D eigenvalue weighted by atomic mass is 10.1. The number of benzene rings is 2. The van der Waals surface area contributed by atoms with Crippen LogP contribution in [0.4, 0.5) is 0 Å². The first-order valence-electron chi connectivity index (χ1n) is 7.64. The molecule has 3 nitrogen and oxygen atoms in total. The van der Waals surface area contributed by atoms with Gasteiger partial charge in [0, 0.05) is 21.7 Å². The van der Waals surface area contributed by atoms with E-state index in [0.717, 1.165) is 28.6 Å². The molecule has 0 aliphatic carbocycles. The molecule has 0 saturated heterocycles. The fraction of sp³-hybridized carbons (Fsp3) is 0.211. The van der Waals surface area contributed by atoms with Crippen molar-refractivity contribution in [3.05, 3.63) is 69.9 Å². The molecular formula is C19H19ClN2O. The third kappa shape index (κ3) is 2.78. The van der Waals surface area contributed by atoms with Crippen molar-refractivity contribution in [1.29, 1.82) is 0 Å². The highest BCUT2D eigenvalue weighted by atomic mass is 35.5. The lowest BCUT2D eigenvalue weighted by Crippen LogP contribution is -2.14. The van der Waals surface area contributed by atoms with E-state index in [0.29, 0.717) is 17.1 Å². The van der Waals surface area contributed by atoms with Gasteiger partial charge in [-0.2, -0.15) is 0 Å². The van der Waals surface area contributed by atoms with E-state index in [-0.39, 0.29) is 5.91 Å². The first-order valence-corrected chi connectivity index (χ1v) is 8.01. The minimum absolute atomic E-state index is 0.0451. The summed E-state index contributed by atoms with van der Waals surface area (Å²) in [4.78, 5) is 13.0. The second-order valence-electron chi connectivity index (χ2n) is 5.77. The summed E-state index contributed by atoms with van der Waals surface area (Å²) in [6.07, 6.45) is 0.757. The zero-order chi connectivity index (χ0) is 16.6. The summed E-state index contributed by atoms with van der Waals surface area (Å²) in [7, 11) is 0. The van der Waals surface area contributed by atoms with Gasteiger partial charge in [0.1, 0.15) is 0 Å². The normalized spacial score (nSPS) is 11.1. The Morgan fingerprint density at radius 1 is 1.13 bits per heavy atom. The van der Waals surface area contributed by atoms with Gasteiger partial charge in [-0.1, -0.05) is 23.2 Å². The third-order valence-corrected chi connectivity index (χ3v) is 4.43. The van der Waals surface area contributed by atoms with Gasteiger partial charge in [-0.25, -0.2) is 0 Å². The van der Waals surface area contributed by atoms with E-state index in [1.807, 2.05) is 19.1 Å². The van der Waals surface area contributed by atoms with Gasteiger partial charge in [0.25, 0.3) is 5.91 Å². The Balaban J connectivity index is 2.22. The molecule has 1 aromatic heterocycles. The molecule has 1 heterocycles. The summed E-state index contributed by atoms with van der Waals surface area (Å²) >= 11 is 5.92. The topological polar surface area (TPSA) is 48.0 Å². The van der Waals surface area contributed by atoms with Crippen LogP contribution in [-0.2, 0) is 6.42 Å². The smallest absolute Gasteiger partial charge is 0.262 e. The second-order valence-corrected chi connectivity index (χ2v) is 6.21. The number of nitrogens with two attached hydrogens (primary N) is 1. The molecule has 0 unspecified atom stereocenters. The van der Waals surface area contributed by atoms with Crippen molar-refractivity contribution in [3.8, 4) is 0 Å². The fourth-order valence-electron chi connectivity index (χ4n) is 3.04. The molecule has 0 saturated carbocycles. The molecular weight excluding hydrogens is 308 g/mol. The zero-order valence-corrected chi connectivity index (χ0v) is 14.0. The molecule has 3 rings (SSSR count). The number of halogens is 1. The summed E-state index contributed by atoms with van der Waals surface area (Å²) in [5.74, 6) is -0.0451. The van der Waals surface area contributed by atoms with Crippen LogP contribution in [0.25, 0.3) is 10.9 Å². The molecule has 0 aliphatic heterocycles. The van der Waals surface area contributed by atoms with Crippen LogP contribution >= 0.6 is 11.6 Å². The maximum absolute atomic E-state index is 13.0. The average Bonchev–Trinajstić information content (AvgIpc) is 2.80. The Morgan fingerprint density at radius 3 is 2.48 bits per heavy atom. The van der Waals surface area contributed by atoms with Gasteiger partial charge >= 0.3 is 0 Å². The van der Waals surface area contributed by atoms with Crippen molar-refractivity contribution in [2.45, 2.75) is 20.3 Å². The molecule has 118 valence electrons. The lowest BCUT2D eigenvalue weighted by molar-refractivity contribution is 0.0963. The number of carbonyl (C=O) groups is 1. The third-order valence-electron chi connectivity index (χ3n) is 4.18. The maximum Gasteiger partial charge on any atom is 0.262 e. The highest BCUT2D eigenvalue weighted by Gasteiger charge is 2.19. The minimum Gasteiger partial charge on any atom is -0.330 e. The van der Waals surface area contributed by atoms with Gasteiger partial charge in [-0.15, -0.1) is 0 Å². The molecule has 0 bridgehead atoms. The Labute approximate surface area is 140 Å². The van der Waals surface area contributed by atoms with Crippen molar-refractivity contribution in [2.24, 2.45) is 5.73 Å². The molecule has 0 amide bonds. The van der Waals surface area contributed by atoms with E-state index in [1.165, 1.54) is 5.56 Å². The van der Waals surface area contributed by atoms with Gasteiger partial charge < -0.3 is 5.73 Å². The molecule has 2 aromatic carbocycles. The molecule has 0 atom stereocenters. The number of fused-ring (bicyclic) bond motifs is 1. The summed E-state index contributed by atoms with van der Waals surface area (Å²) in [6.45, 7) is 4.59. The number of aryl methyl sites for hydroxylation is 1. The Hall–Kier alpha value is -2.10. The number of nitrogens with zero attached hydrogens (tertiary/aromatic N) is 1. The minimum atomic E-state index is -0.0451. The fourth-order valence-corrected chi connectivity index (χ4v) is 3.17. The highest BCUT2D eigenvalue weighted by Crippen LogP contribution is 2.28. The van der Waals surface area contributed by atoms with Crippen molar-refractivity contribution >= 4 is 28.4 Å². The van der Waals surface area contributed by atoms with Gasteiger partial charge in [0.05, 0.1) is 5.52 Å². The van der Waals surface area contributed by atoms with Crippen molar-refractivity contribution < 1.29 is 4.79 Å². The van der Waals surface area contributed by atoms with E-state index >= 15 is 0 Å². The van der Waals surface area contributed by atoms with Crippen molar-refractivity contribution in [1.82, 2.24) is 4.57 Å². The van der Waals surface area contributed by atoms with Crippen molar-refractivity contribution in [3.63, 3.8) is 0 Å². The summed E-state index contributed by atoms with van der Waals surface area (Å²) in [5.41, 5.74) is 10.6. The van der Waals surface area contributed by atoms with Crippen LogP contribution in [0.5, 0.6) is 0 Å². The average molecular weight is 327 g/mol. The van der Waals surface area contributed by atoms with Gasteiger partial charge in [-0.3, -0.25) is 9.36 Å². The first-order chi connectivity index (χ1) is 11.0. The lowest BCUT2D eigenvalue weighted by Gasteiger charge is -2.08. The van der Waals surface area contributed by atoms with Crippen LogP contribution in [0.2, 0.25) is 5.02 Å². The zero-order valence-electron chi connectivity index (χ0n) is 13.3. The standard InChI is InChI=1S/C19H19ClN2O/c1-12-3-8-18-17(11-12)16(9-10-21)13(2)22(18)19(23)14-4-6-15(20)7-5-14/h3-8,11H,9-10,21H2,1-2H3. The predicted octanol–water partition coefficient (Wildman–Crippen LogP) is 4.10. The molecule has 0 aliphatic rings. The highest BCUT2D eigenvalue weighted by molar-refractivity contribution is 6.30. The van der Waals surface area contributed by atoms with Crippen LogP contribution in [0, 0.1) is 13.8 Å². The number of hydrogen-bond donors (Lipinski definition) is 1. The predicted molar refractivity (Wildman–Crippen MR) is 95.4 cm³/mol. The van der Waals surface area contributed by atoms with Crippen LogP contribution in [0.1, 0.15) is 27.2 Å². The van der Waals surface area contributed by atoms with E-state index in [9.17, 15) is 4.79 Å². The van der Waals surface area contributed by atoms with Gasteiger partial charge in [0.15, 0.2) is 0 Å². The number of hydrogen-bond acceptors (Lipinski definition) is 2. The number of rotatable bonds is 3. The Morgan fingerprint density at radius 2 is 1.83 bits per heavy atom. The van der Waals surface area contributed by atoms with Crippen molar-refractivity contribution in [2.75, 3.05) is 6.54 Å². The first kappa shape index (κ1) is 15.8. The molecule has 23 heavy (non-hydrogen) atoms. The molecule has 2 N–H and O–H groups in total. The summed E-state index contributed by atoms with van der Waals surface area (Å²) in [5, 5.41) is 1.73. The Kier molecular flexibility index (Phi) is 4.24. The quantitative estimate of drug-likeness (QED) is 0.787. The number of carbonyl (C=O) groups excluding carboxylic acids is 1. The van der Waals surface area contributed by atoms with Gasteiger partial charge in [0.2, 0.25) is 0 Å². The van der Waals surface area contributed by atoms with Crippen LogP contribution < -0.4 is 5.73 Å². The van der Waals surface area contributed by atoms with E-state index in [1.54, 1.807) is 28.8 Å². The Bertz CT molecular complexity index is 879. The molecule has 0 radical (unpaired) electrons. The van der Waals surface area contributed by atoms with E-state index in [4.69, 9.17) is 17.3 Å². The van der Waals surface area contributed by atoms with Crippen LogP contribution in [0.3, 0.4) is 0 Å². The summed E-state index contributed by atoms with van der Waals surface area (Å²) < 4.78 is 1.78. The van der Waals surface area contributed by atoms with E-state index < -0.39 is 0 Å². The van der Waals surface area contributed by atoms with E-state index in [2.05, 4.69) is 13.0 Å². The molecule has 4 heteroatoms. The monoisotopic (exact) mass is 326 g/mol. The molecule has 0 fully saturated rings. The second kappa shape index (κ2) is 6.19. The van der Waals surface area contributed by atoms with Crippen LogP contribution in [0.15, 0.2) is 42.5 Å². The largest absolute Gasteiger partial charge is 0.330 e. The SMILES string of the molecule is Cc1ccc2c(c1)c(CCN)c(C)n2C(=O)c1ccc(Cl)cc1. The summed E-state index contributed by atoms with van der Waals surface area (Å²) in [6, 6.07) is 13.1. The molecule has 0 spiro atoms. The van der Waals surface area contributed by atoms with Crippen LogP contribution in [-0.4, -0.2) is 17.0 Å². The van der Waals surface area contributed by atoms with Gasteiger partial charge in [-0.05, 0) is 68.8 Å². The number of aromatic nitrogens is 1.